The van der Waals surface area contributed by atoms with E-state index < -0.39 is 0 Å². The molecule has 0 saturated heterocycles. The maximum atomic E-state index is 5.40. The minimum absolute atomic E-state index is 0.483. The molecule has 1 aromatic carbocycles. The molecule has 3 nitrogen and oxygen atoms in total. The van der Waals surface area contributed by atoms with Gasteiger partial charge in [0.1, 0.15) is 6.61 Å². The van der Waals surface area contributed by atoms with Crippen molar-refractivity contribution in [3.63, 3.8) is 0 Å². The van der Waals surface area contributed by atoms with E-state index in [2.05, 4.69) is 11.6 Å². The fourth-order valence-corrected chi connectivity index (χ4v) is 1.39. The maximum Gasteiger partial charge on any atom is 0.297 e. The lowest BCUT2D eigenvalue weighted by atomic mass is 10.3. The van der Waals surface area contributed by atoms with Crippen LogP contribution in [0.4, 0.5) is 0 Å². The second kappa shape index (κ2) is 3.54. The maximum absolute atomic E-state index is 5.40. The summed E-state index contributed by atoms with van der Waals surface area (Å²) in [4.78, 5) is 4.34. The van der Waals surface area contributed by atoms with Gasteiger partial charge in [-0.2, -0.15) is 4.98 Å². The topological polar surface area (TPSA) is 27.1 Å². The lowest BCUT2D eigenvalue weighted by Crippen LogP contribution is -1.99. The van der Waals surface area contributed by atoms with Crippen LogP contribution in [0.15, 0.2) is 36.9 Å². The number of para-hydroxylation sites is 2. The molecule has 1 aromatic heterocycles. The predicted octanol–water partition coefficient (Wildman–Crippen LogP) is 2.14. The van der Waals surface area contributed by atoms with Crippen LogP contribution in [0.2, 0.25) is 0 Å². The summed E-state index contributed by atoms with van der Waals surface area (Å²) in [6.07, 6.45) is 1.71. The molecule has 3 heteroatoms. The van der Waals surface area contributed by atoms with Crippen LogP contribution in [0.25, 0.3) is 11.0 Å². The summed E-state index contributed by atoms with van der Waals surface area (Å²) in [6, 6.07) is 8.57. The molecule has 0 amide bonds. The first-order valence-electron chi connectivity index (χ1n) is 4.48. The second-order valence-corrected chi connectivity index (χ2v) is 3.04. The molecule has 0 spiro atoms. The number of nitrogens with zero attached hydrogens (tertiary/aromatic N) is 2. The van der Waals surface area contributed by atoms with Crippen molar-refractivity contribution in [2.45, 2.75) is 0 Å². The number of ether oxygens (including phenoxy) is 1. The Bertz CT molecular complexity index is 459. The van der Waals surface area contributed by atoms with Crippen molar-refractivity contribution in [1.29, 1.82) is 0 Å². The van der Waals surface area contributed by atoms with Crippen molar-refractivity contribution in [3.8, 4) is 6.01 Å². The number of benzene rings is 1. The Morgan fingerprint density at radius 1 is 1.50 bits per heavy atom. The van der Waals surface area contributed by atoms with Crippen molar-refractivity contribution < 1.29 is 4.74 Å². The molecule has 2 aromatic rings. The number of hydrogen-bond acceptors (Lipinski definition) is 2. The van der Waals surface area contributed by atoms with Gasteiger partial charge in [0.25, 0.3) is 6.01 Å². The molecule has 1 heterocycles. The summed E-state index contributed by atoms with van der Waals surface area (Å²) < 4.78 is 7.33. The second-order valence-electron chi connectivity index (χ2n) is 3.04. The molecule has 14 heavy (non-hydrogen) atoms. The van der Waals surface area contributed by atoms with Crippen LogP contribution in [0.5, 0.6) is 6.01 Å². The molecule has 2 rings (SSSR count). The zero-order valence-corrected chi connectivity index (χ0v) is 8.10. The zero-order chi connectivity index (χ0) is 9.97. The van der Waals surface area contributed by atoms with E-state index in [1.807, 2.05) is 35.9 Å². The fraction of sp³-hybridized carbons (Fsp3) is 0.182. The van der Waals surface area contributed by atoms with Gasteiger partial charge in [0.15, 0.2) is 0 Å². The predicted molar refractivity (Wildman–Crippen MR) is 56.4 cm³/mol. The first kappa shape index (κ1) is 8.81. The fourth-order valence-electron chi connectivity index (χ4n) is 1.39. The van der Waals surface area contributed by atoms with Crippen molar-refractivity contribution >= 4 is 11.0 Å². The molecule has 0 unspecified atom stereocenters. The lowest BCUT2D eigenvalue weighted by molar-refractivity contribution is 0.324. The molecule has 0 bridgehead atoms. The third kappa shape index (κ3) is 1.37. The molecule has 0 radical (unpaired) electrons. The first-order chi connectivity index (χ1) is 6.83. The summed E-state index contributed by atoms with van der Waals surface area (Å²) >= 11 is 0. The Morgan fingerprint density at radius 3 is 3.00 bits per heavy atom. The first-order valence-corrected chi connectivity index (χ1v) is 4.48. The number of aromatic nitrogens is 2. The van der Waals surface area contributed by atoms with Crippen LogP contribution in [0, 0.1) is 0 Å². The highest BCUT2D eigenvalue weighted by molar-refractivity contribution is 5.76. The number of rotatable bonds is 3. The van der Waals surface area contributed by atoms with Gasteiger partial charge in [0, 0.05) is 7.05 Å². The summed E-state index contributed by atoms with van der Waals surface area (Å²) in [6.45, 7) is 4.08. The monoisotopic (exact) mass is 188 g/mol. The minimum Gasteiger partial charge on any atom is -0.460 e. The average molecular weight is 188 g/mol. The number of fused-ring (bicyclic) bond motifs is 1. The zero-order valence-electron chi connectivity index (χ0n) is 8.10. The molecule has 0 aliphatic carbocycles. The quantitative estimate of drug-likeness (QED) is 0.690. The normalized spacial score (nSPS) is 10.4. The van der Waals surface area contributed by atoms with Crippen LogP contribution >= 0.6 is 0 Å². The largest absolute Gasteiger partial charge is 0.460 e. The number of aryl methyl sites for hydroxylation is 1. The lowest BCUT2D eigenvalue weighted by Gasteiger charge is -2.01. The molecule has 72 valence electrons. The Hall–Kier alpha value is -1.77. The van der Waals surface area contributed by atoms with Crippen LogP contribution in [0.3, 0.4) is 0 Å². The molecule has 0 fully saturated rings. The summed E-state index contributed by atoms with van der Waals surface area (Å²) in [7, 11) is 1.94. The SMILES string of the molecule is C=CCOc1nc2ccccc2n1C. The summed E-state index contributed by atoms with van der Waals surface area (Å²) in [5.74, 6) is 0. The summed E-state index contributed by atoms with van der Waals surface area (Å²) in [5, 5.41) is 0. The van der Waals surface area contributed by atoms with E-state index in [-0.39, 0.29) is 0 Å². The van der Waals surface area contributed by atoms with Gasteiger partial charge in [0.2, 0.25) is 0 Å². The minimum atomic E-state index is 0.483. The van der Waals surface area contributed by atoms with Crippen LogP contribution in [-0.4, -0.2) is 16.2 Å². The molecule has 0 saturated carbocycles. The highest BCUT2D eigenvalue weighted by Gasteiger charge is 2.06. The van der Waals surface area contributed by atoms with E-state index in [4.69, 9.17) is 4.74 Å². The van der Waals surface area contributed by atoms with E-state index in [0.29, 0.717) is 12.6 Å². The van der Waals surface area contributed by atoms with Crippen molar-refractivity contribution in [3.05, 3.63) is 36.9 Å². The Labute approximate surface area is 82.6 Å². The number of imidazole rings is 1. The number of hydrogen-bond donors (Lipinski definition) is 0. The van der Waals surface area contributed by atoms with E-state index in [1.54, 1.807) is 6.08 Å². The van der Waals surface area contributed by atoms with Gasteiger partial charge in [-0.15, -0.1) is 0 Å². The molecular weight excluding hydrogens is 176 g/mol. The smallest absolute Gasteiger partial charge is 0.297 e. The van der Waals surface area contributed by atoms with E-state index in [9.17, 15) is 0 Å². The van der Waals surface area contributed by atoms with Gasteiger partial charge in [-0.1, -0.05) is 24.8 Å². The summed E-state index contributed by atoms with van der Waals surface area (Å²) in [5.41, 5.74) is 2.03. The standard InChI is InChI=1S/C11H12N2O/c1-3-8-14-11-12-9-6-4-5-7-10(9)13(11)2/h3-7H,1,8H2,2H3. The van der Waals surface area contributed by atoms with E-state index in [0.717, 1.165) is 11.0 Å². The van der Waals surface area contributed by atoms with Crippen molar-refractivity contribution in [2.24, 2.45) is 7.05 Å². The molecule has 0 aliphatic heterocycles. The average Bonchev–Trinajstić information content (AvgIpc) is 2.54. The van der Waals surface area contributed by atoms with Crippen LogP contribution in [-0.2, 0) is 7.05 Å². The van der Waals surface area contributed by atoms with Gasteiger partial charge in [-0.3, -0.25) is 4.57 Å². The van der Waals surface area contributed by atoms with Gasteiger partial charge in [-0.05, 0) is 12.1 Å². The highest BCUT2D eigenvalue weighted by atomic mass is 16.5. The Balaban J connectivity index is 2.46. The third-order valence-electron chi connectivity index (χ3n) is 2.08. The van der Waals surface area contributed by atoms with E-state index in [1.165, 1.54) is 0 Å². The highest BCUT2D eigenvalue weighted by Crippen LogP contribution is 2.18. The molecular formula is C11H12N2O. The van der Waals surface area contributed by atoms with Crippen LogP contribution in [0.1, 0.15) is 0 Å². The van der Waals surface area contributed by atoms with Gasteiger partial charge in [0.05, 0.1) is 11.0 Å². The Morgan fingerprint density at radius 2 is 2.29 bits per heavy atom. The van der Waals surface area contributed by atoms with E-state index >= 15 is 0 Å². The van der Waals surface area contributed by atoms with Gasteiger partial charge < -0.3 is 4.74 Å². The molecule has 0 aliphatic rings. The third-order valence-corrected chi connectivity index (χ3v) is 2.08. The molecule has 0 N–H and O–H groups in total. The van der Waals surface area contributed by atoms with Gasteiger partial charge in [-0.25, -0.2) is 0 Å². The molecule has 0 atom stereocenters. The van der Waals surface area contributed by atoms with Crippen molar-refractivity contribution in [2.75, 3.05) is 6.61 Å². The van der Waals surface area contributed by atoms with Crippen molar-refractivity contribution in [1.82, 2.24) is 9.55 Å². The Kier molecular flexibility index (Phi) is 2.23. The van der Waals surface area contributed by atoms with Crippen LogP contribution < -0.4 is 4.74 Å². The van der Waals surface area contributed by atoms with Gasteiger partial charge >= 0.3 is 0 Å².